The number of hydrogen-bond acceptors (Lipinski definition) is 5. The van der Waals surface area contributed by atoms with Crippen LogP contribution in [0.5, 0.6) is 0 Å². The maximum Gasteiger partial charge on any atom is 0.252 e. The summed E-state index contributed by atoms with van der Waals surface area (Å²) >= 11 is 0. The van der Waals surface area contributed by atoms with Gasteiger partial charge in [-0.25, -0.2) is 0 Å². The highest BCUT2D eigenvalue weighted by Gasteiger charge is 2.20. The van der Waals surface area contributed by atoms with Gasteiger partial charge in [-0.3, -0.25) is 0 Å². The Morgan fingerprint density at radius 3 is 2.65 bits per heavy atom. The Morgan fingerprint density at radius 2 is 2.06 bits per heavy atom. The lowest BCUT2D eigenvalue weighted by Gasteiger charge is -2.24. The van der Waals surface area contributed by atoms with Gasteiger partial charge in [0.2, 0.25) is 0 Å². The van der Waals surface area contributed by atoms with E-state index in [1.807, 2.05) is 13.8 Å². The van der Waals surface area contributed by atoms with Crippen molar-refractivity contribution < 1.29 is 14.4 Å². The molecule has 0 unspecified atom stereocenters. The maximum absolute atomic E-state index is 9.38. The lowest BCUT2D eigenvalue weighted by molar-refractivity contribution is -0.0203. The van der Waals surface area contributed by atoms with Crippen LogP contribution in [-0.2, 0) is 11.3 Å². The Bertz CT molecular complexity index is 343. The standard InChI is InChI=1S/C12H20N2O3/c1-8(2)12-13-11(17-14-12)7-16-10-5-3-9(15)4-6-10/h8-10,15H,3-7H2,1-2H3. The number of nitrogens with zero attached hydrogens (tertiary/aromatic N) is 2. The molecule has 0 amide bonds. The second-order valence-corrected chi connectivity index (χ2v) is 4.94. The Balaban J connectivity index is 1.77. The zero-order valence-electron chi connectivity index (χ0n) is 10.4. The molecule has 0 atom stereocenters. The highest BCUT2D eigenvalue weighted by Crippen LogP contribution is 2.22. The molecule has 1 aromatic rings. The first-order chi connectivity index (χ1) is 8.15. The Hall–Kier alpha value is -0.940. The predicted molar refractivity (Wildman–Crippen MR) is 61.4 cm³/mol. The van der Waals surface area contributed by atoms with E-state index >= 15 is 0 Å². The number of aliphatic hydroxyl groups excluding tert-OH is 1. The van der Waals surface area contributed by atoms with Gasteiger partial charge in [0.05, 0.1) is 12.2 Å². The fraction of sp³-hybridized carbons (Fsp3) is 0.833. The van der Waals surface area contributed by atoms with Crippen LogP contribution in [0.25, 0.3) is 0 Å². The molecule has 0 aromatic carbocycles. The van der Waals surface area contributed by atoms with Crippen molar-refractivity contribution in [2.24, 2.45) is 0 Å². The average Bonchev–Trinajstić information content (AvgIpc) is 2.77. The van der Waals surface area contributed by atoms with Crippen LogP contribution in [0.15, 0.2) is 4.52 Å². The van der Waals surface area contributed by atoms with E-state index < -0.39 is 0 Å². The molecule has 1 heterocycles. The van der Waals surface area contributed by atoms with Crippen molar-refractivity contribution >= 4 is 0 Å². The van der Waals surface area contributed by atoms with E-state index in [1.54, 1.807) is 0 Å². The molecule has 5 heteroatoms. The smallest absolute Gasteiger partial charge is 0.252 e. The average molecular weight is 240 g/mol. The van der Waals surface area contributed by atoms with Crippen molar-refractivity contribution in [3.8, 4) is 0 Å². The molecule has 1 N–H and O–H groups in total. The van der Waals surface area contributed by atoms with Gasteiger partial charge in [0, 0.05) is 5.92 Å². The van der Waals surface area contributed by atoms with Gasteiger partial charge in [-0.05, 0) is 25.7 Å². The van der Waals surface area contributed by atoms with E-state index in [4.69, 9.17) is 9.26 Å². The molecule has 0 aliphatic heterocycles. The molecule has 1 fully saturated rings. The van der Waals surface area contributed by atoms with Crippen LogP contribution < -0.4 is 0 Å². The van der Waals surface area contributed by atoms with Crippen molar-refractivity contribution in [1.29, 1.82) is 0 Å². The molecule has 17 heavy (non-hydrogen) atoms. The van der Waals surface area contributed by atoms with E-state index in [9.17, 15) is 5.11 Å². The summed E-state index contributed by atoms with van der Waals surface area (Å²) in [6.45, 7) is 4.43. The molecule has 1 aromatic heterocycles. The predicted octanol–water partition coefficient (Wildman–Crippen LogP) is 2.01. The Morgan fingerprint density at radius 1 is 1.35 bits per heavy atom. The number of hydrogen-bond donors (Lipinski definition) is 1. The van der Waals surface area contributed by atoms with Crippen molar-refractivity contribution in [2.75, 3.05) is 0 Å². The summed E-state index contributed by atoms with van der Waals surface area (Å²) in [6.07, 6.45) is 3.54. The van der Waals surface area contributed by atoms with Crippen molar-refractivity contribution in [2.45, 2.75) is 64.3 Å². The summed E-state index contributed by atoms with van der Waals surface area (Å²) in [5, 5.41) is 13.3. The molecule has 1 aliphatic carbocycles. The molecule has 0 radical (unpaired) electrons. The molecule has 2 rings (SSSR count). The number of rotatable bonds is 4. The van der Waals surface area contributed by atoms with E-state index in [-0.39, 0.29) is 18.1 Å². The molecular weight excluding hydrogens is 220 g/mol. The number of aromatic nitrogens is 2. The third kappa shape index (κ3) is 3.51. The minimum Gasteiger partial charge on any atom is -0.393 e. The fourth-order valence-corrected chi connectivity index (χ4v) is 1.96. The van der Waals surface area contributed by atoms with Crippen LogP contribution in [0.3, 0.4) is 0 Å². The minimum atomic E-state index is -0.147. The van der Waals surface area contributed by atoms with Crippen molar-refractivity contribution in [1.82, 2.24) is 10.1 Å². The van der Waals surface area contributed by atoms with Crippen LogP contribution in [0.4, 0.5) is 0 Å². The zero-order chi connectivity index (χ0) is 12.3. The number of ether oxygens (including phenoxy) is 1. The van der Waals surface area contributed by atoms with Crippen molar-refractivity contribution in [3.63, 3.8) is 0 Å². The molecule has 1 aliphatic rings. The SMILES string of the molecule is CC(C)c1noc(COC2CCC(O)CC2)n1. The molecule has 0 spiro atoms. The molecule has 1 saturated carbocycles. The molecule has 96 valence electrons. The van der Waals surface area contributed by atoms with Gasteiger partial charge in [-0.15, -0.1) is 0 Å². The van der Waals surface area contributed by atoms with E-state index in [1.165, 1.54) is 0 Å². The van der Waals surface area contributed by atoms with E-state index in [0.717, 1.165) is 31.5 Å². The van der Waals surface area contributed by atoms with Gasteiger partial charge >= 0.3 is 0 Å². The first-order valence-electron chi connectivity index (χ1n) is 6.27. The van der Waals surface area contributed by atoms with Crippen molar-refractivity contribution in [3.05, 3.63) is 11.7 Å². The van der Waals surface area contributed by atoms with Gasteiger partial charge < -0.3 is 14.4 Å². The third-order valence-corrected chi connectivity index (χ3v) is 3.09. The fourth-order valence-electron chi connectivity index (χ4n) is 1.96. The summed E-state index contributed by atoms with van der Waals surface area (Å²) in [6, 6.07) is 0. The molecule has 0 saturated heterocycles. The molecule has 0 bridgehead atoms. The van der Waals surface area contributed by atoms with Gasteiger partial charge in [0.1, 0.15) is 6.61 Å². The summed E-state index contributed by atoms with van der Waals surface area (Å²) in [5.41, 5.74) is 0. The summed E-state index contributed by atoms with van der Waals surface area (Å²) < 4.78 is 10.8. The van der Waals surface area contributed by atoms with Gasteiger partial charge in [0.25, 0.3) is 5.89 Å². The second kappa shape index (κ2) is 5.60. The van der Waals surface area contributed by atoms with Crippen LogP contribution in [0.1, 0.15) is 57.2 Å². The summed E-state index contributed by atoms with van der Waals surface area (Å²) in [7, 11) is 0. The monoisotopic (exact) mass is 240 g/mol. The first kappa shape index (κ1) is 12.5. The third-order valence-electron chi connectivity index (χ3n) is 3.09. The van der Waals surface area contributed by atoms with Gasteiger partial charge in [-0.2, -0.15) is 4.98 Å². The summed E-state index contributed by atoms with van der Waals surface area (Å²) in [4.78, 5) is 4.26. The molecular formula is C12H20N2O3. The normalized spacial score (nSPS) is 25.4. The zero-order valence-corrected chi connectivity index (χ0v) is 10.4. The minimum absolute atomic E-state index is 0.147. The van der Waals surface area contributed by atoms with Gasteiger partial charge in [0.15, 0.2) is 5.82 Å². The summed E-state index contributed by atoms with van der Waals surface area (Å²) in [5.74, 6) is 1.54. The van der Waals surface area contributed by atoms with Crippen LogP contribution in [-0.4, -0.2) is 27.5 Å². The van der Waals surface area contributed by atoms with Crippen LogP contribution in [0, 0.1) is 0 Å². The Labute approximate surface area is 101 Å². The Kier molecular flexibility index (Phi) is 4.12. The van der Waals surface area contributed by atoms with Crippen LogP contribution >= 0.6 is 0 Å². The lowest BCUT2D eigenvalue weighted by Crippen LogP contribution is -2.24. The topological polar surface area (TPSA) is 68.4 Å². The lowest BCUT2D eigenvalue weighted by atomic mass is 9.95. The molecule has 5 nitrogen and oxygen atoms in total. The highest BCUT2D eigenvalue weighted by atomic mass is 16.5. The quantitative estimate of drug-likeness (QED) is 0.871. The highest BCUT2D eigenvalue weighted by molar-refractivity contribution is 4.90. The largest absolute Gasteiger partial charge is 0.393 e. The first-order valence-corrected chi connectivity index (χ1v) is 6.27. The second-order valence-electron chi connectivity index (χ2n) is 4.94. The van der Waals surface area contributed by atoms with Gasteiger partial charge in [-0.1, -0.05) is 19.0 Å². The maximum atomic E-state index is 9.38. The number of aliphatic hydroxyl groups is 1. The van der Waals surface area contributed by atoms with E-state index in [2.05, 4.69) is 10.1 Å². The van der Waals surface area contributed by atoms with E-state index in [0.29, 0.717) is 12.5 Å². The van der Waals surface area contributed by atoms with Crippen LogP contribution in [0.2, 0.25) is 0 Å².